The molecule has 0 aliphatic heterocycles. The van der Waals surface area contributed by atoms with Crippen LogP contribution in [0.4, 0.5) is 4.79 Å². The lowest BCUT2D eigenvalue weighted by molar-refractivity contribution is 0.0528. The molecule has 0 bridgehead atoms. The highest BCUT2D eigenvalue weighted by Crippen LogP contribution is 2.17. The zero-order valence-corrected chi connectivity index (χ0v) is 16.0. The normalized spacial score (nSPS) is 11.9. The highest BCUT2D eigenvalue weighted by molar-refractivity contribution is 5.76. The van der Waals surface area contributed by atoms with Crippen molar-refractivity contribution in [3.05, 3.63) is 30.1 Å². The fourth-order valence-electron chi connectivity index (χ4n) is 2.70. The lowest BCUT2D eigenvalue weighted by Crippen LogP contribution is -2.33. The Balaban J connectivity index is 2.02. The molecular formula is C19H30N4O2. The fraction of sp³-hybridized carbons (Fsp3) is 0.579. The van der Waals surface area contributed by atoms with Gasteiger partial charge in [0, 0.05) is 19.5 Å². The average Bonchev–Trinajstić information content (AvgIpc) is 2.83. The van der Waals surface area contributed by atoms with Gasteiger partial charge in [-0.2, -0.15) is 0 Å². The number of fused-ring (bicyclic) bond motifs is 1. The Labute approximate surface area is 150 Å². The van der Waals surface area contributed by atoms with Crippen LogP contribution >= 0.6 is 0 Å². The number of rotatable bonds is 7. The summed E-state index contributed by atoms with van der Waals surface area (Å²) in [5, 5.41) is 2.81. The molecule has 0 aliphatic carbocycles. The second-order valence-corrected chi connectivity index (χ2v) is 7.50. The van der Waals surface area contributed by atoms with Crippen molar-refractivity contribution in [1.82, 2.24) is 19.8 Å². The number of alkyl carbamates (subject to hydrolysis) is 1. The molecule has 0 saturated heterocycles. The van der Waals surface area contributed by atoms with Crippen LogP contribution in [0.1, 0.15) is 33.0 Å². The summed E-state index contributed by atoms with van der Waals surface area (Å²) in [6.07, 6.45) is 1.35. The number of imidazole rings is 1. The number of carbonyl (C=O) groups is 1. The van der Waals surface area contributed by atoms with E-state index in [0.29, 0.717) is 13.0 Å². The fourth-order valence-corrected chi connectivity index (χ4v) is 2.70. The molecule has 0 aliphatic rings. The number of nitrogens with zero attached hydrogens (tertiary/aromatic N) is 3. The lowest BCUT2D eigenvalue weighted by atomic mass is 10.2. The van der Waals surface area contributed by atoms with E-state index in [2.05, 4.69) is 34.9 Å². The number of nitrogens with one attached hydrogen (secondary N) is 1. The summed E-state index contributed by atoms with van der Waals surface area (Å²) in [7, 11) is 4.16. The van der Waals surface area contributed by atoms with Gasteiger partial charge in [0.25, 0.3) is 0 Å². The van der Waals surface area contributed by atoms with Crippen molar-refractivity contribution in [2.45, 2.75) is 45.8 Å². The van der Waals surface area contributed by atoms with Crippen molar-refractivity contribution in [3.8, 4) is 0 Å². The SMILES string of the molecule is CN(C)CCCn1c(CCNC(=O)OC(C)(C)C)nc2ccccc21. The summed E-state index contributed by atoms with van der Waals surface area (Å²) in [6, 6.07) is 8.17. The molecule has 0 unspecified atom stereocenters. The molecular weight excluding hydrogens is 316 g/mol. The third-order valence-electron chi connectivity index (χ3n) is 3.74. The predicted molar refractivity (Wildman–Crippen MR) is 101 cm³/mol. The third-order valence-corrected chi connectivity index (χ3v) is 3.74. The van der Waals surface area contributed by atoms with Crippen LogP contribution < -0.4 is 5.32 Å². The first-order valence-corrected chi connectivity index (χ1v) is 8.82. The van der Waals surface area contributed by atoms with Crippen LogP contribution in [-0.2, 0) is 17.7 Å². The molecule has 0 radical (unpaired) electrons. The van der Waals surface area contributed by atoms with Gasteiger partial charge in [0.1, 0.15) is 11.4 Å². The van der Waals surface area contributed by atoms with Gasteiger partial charge in [-0.1, -0.05) is 12.1 Å². The minimum Gasteiger partial charge on any atom is -0.444 e. The lowest BCUT2D eigenvalue weighted by Gasteiger charge is -2.19. The molecule has 1 heterocycles. The van der Waals surface area contributed by atoms with E-state index in [1.807, 2.05) is 39.0 Å². The molecule has 6 heteroatoms. The van der Waals surface area contributed by atoms with Gasteiger partial charge in [-0.3, -0.25) is 0 Å². The van der Waals surface area contributed by atoms with Gasteiger partial charge in [-0.25, -0.2) is 9.78 Å². The van der Waals surface area contributed by atoms with E-state index in [-0.39, 0.29) is 6.09 Å². The number of para-hydroxylation sites is 2. The number of hydrogen-bond acceptors (Lipinski definition) is 4. The monoisotopic (exact) mass is 346 g/mol. The molecule has 2 aromatic rings. The van der Waals surface area contributed by atoms with Gasteiger partial charge in [0.15, 0.2) is 0 Å². The maximum Gasteiger partial charge on any atom is 0.407 e. The maximum absolute atomic E-state index is 11.8. The second kappa shape index (κ2) is 8.34. The van der Waals surface area contributed by atoms with E-state index in [4.69, 9.17) is 9.72 Å². The summed E-state index contributed by atoms with van der Waals surface area (Å²) in [4.78, 5) is 18.7. The van der Waals surface area contributed by atoms with Crippen LogP contribution in [0.5, 0.6) is 0 Å². The molecule has 0 saturated carbocycles. The van der Waals surface area contributed by atoms with Gasteiger partial charge in [-0.15, -0.1) is 0 Å². The molecule has 1 aromatic carbocycles. The Morgan fingerprint density at radius 3 is 2.68 bits per heavy atom. The van der Waals surface area contributed by atoms with Crippen molar-refractivity contribution in [2.75, 3.05) is 27.2 Å². The van der Waals surface area contributed by atoms with Crippen molar-refractivity contribution < 1.29 is 9.53 Å². The van der Waals surface area contributed by atoms with E-state index in [1.165, 1.54) is 0 Å². The molecule has 6 nitrogen and oxygen atoms in total. The van der Waals surface area contributed by atoms with E-state index >= 15 is 0 Å². The summed E-state index contributed by atoms with van der Waals surface area (Å²) in [6.45, 7) is 8.03. The highest BCUT2D eigenvalue weighted by Gasteiger charge is 2.16. The van der Waals surface area contributed by atoms with Crippen molar-refractivity contribution in [2.24, 2.45) is 0 Å². The Bertz CT molecular complexity index is 701. The van der Waals surface area contributed by atoms with E-state index in [1.54, 1.807) is 0 Å². The number of aryl methyl sites for hydroxylation is 1. The zero-order chi connectivity index (χ0) is 18.4. The predicted octanol–water partition coefficient (Wildman–Crippen LogP) is 3.06. The minimum atomic E-state index is -0.483. The summed E-state index contributed by atoms with van der Waals surface area (Å²) >= 11 is 0. The smallest absolute Gasteiger partial charge is 0.407 e. The standard InChI is InChI=1S/C19H30N4O2/c1-19(2,3)25-18(24)20-12-11-17-21-15-9-6-7-10-16(15)23(17)14-8-13-22(4)5/h6-7,9-10H,8,11-14H2,1-5H3,(H,20,24). The first-order valence-electron chi connectivity index (χ1n) is 8.82. The summed E-state index contributed by atoms with van der Waals surface area (Å²) in [5.41, 5.74) is 1.66. The molecule has 1 N–H and O–H groups in total. The van der Waals surface area contributed by atoms with Crippen molar-refractivity contribution in [3.63, 3.8) is 0 Å². The van der Waals surface area contributed by atoms with Crippen LogP contribution in [0.25, 0.3) is 11.0 Å². The number of hydrogen-bond donors (Lipinski definition) is 1. The van der Waals surface area contributed by atoms with Crippen molar-refractivity contribution >= 4 is 17.1 Å². The number of carbonyl (C=O) groups excluding carboxylic acids is 1. The van der Waals surface area contributed by atoms with Gasteiger partial charge in [-0.05, 0) is 60.0 Å². The largest absolute Gasteiger partial charge is 0.444 e. The Kier molecular flexibility index (Phi) is 6.42. The Hall–Kier alpha value is -2.08. The minimum absolute atomic E-state index is 0.386. The first-order chi connectivity index (χ1) is 11.8. The molecule has 0 spiro atoms. The zero-order valence-electron chi connectivity index (χ0n) is 16.0. The second-order valence-electron chi connectivity index (χ2n) is 7.50. The van der Waals surface area contributed by atoms with Crippen LogP contribution in [0.15, 0.2) is 24.3 Å². The maximum atomic E-state index is 11.8. The van der Waals surface area contributed by atoms with Gasteiger partial charge < -0.3 is 19.5 Å². The van der Waals surface area contributed by atoms with Crippen LogP contribution in [0, 0.1) is 0 Å². The number of ether oxygens (including phenoxy) is 1. The van der Waals surface area contributed by atoms with Gasteiger partial charge in [0.2, 0.25) is 0 Å². The molecule has 138 valence electrons. The van der Waals surface area contributed by atoms with Crippen LogP contribution in [-0.4, -0.2) is 53.3 Å². The number of amides is 1. The number of aromatic nitrogens is 2. The summed E-state index contributed by atoms with van der Waals surface area (Å²) < 4.78 is 7.53. The van der Waals surface area contributed by atoms with Crippen LogP contribution in [0.3, 0.4) is 0 Å². The molecule has 1 aromatic heterocycles. The van der Waals surface area contributed by atoms with Gasteiger partial charge >= 0.3 is 6.09 Å². The van der Waals surface area contributed by atoms with E-state index in [9.17, 15) is 4.79 Å². The quantitative estimate of drug-likeness (QED) is 0.837. The van der Waals surface area contributed by atoms with Crippen LogP contribution in [0.2, 0.25) is 0 Å². The van der Waals surface area contributed by atoms with Crippen molar-refractivity contribution in [1.29, 1.82) is 0 Å². The molecule has 0 atom stereocenters. The average molecular weight is 346 g/mol. The first kappa shape index (κ1) is 19.2. The molecule has 2 rings (SSSR count). The van der Waals surface area contributed by atoms with Gasteiger partial charge in [0.05, 0.1) is 11.0 Å². The number of benzene rings is 1. The Morgan fingerprint density at radius 2 is 2.00 bits per heavy atom. The van der Waals surface area contributed by atoms with E-state index < -0.39 is 5.60 Å². The molecule has 25 heavy (non-hydrogen) atoms. The van der Waals surface area contributed by atoms with E-state index in [0.717, 1.165) is 36.4 Å². The molecule has 0 fully saturated rings. The topological polar surface area (TPSA) is 59.4 Å². The highest BCUT2D eigenvalue weighted by atomic mass is 16.6. The summed E-state index contributed by atoms with van der Waals surface area (Å²) in [5.74, 6) is 0.996. The molecule has 1 amide bonds. The Morgan fingerprint density at radius 1 is 1.28 bits per heavy atom. The third kappa shape index (κ3) is 6.05.